The Morgan fingerprint density at radius 1 is 1.32 bits per heavy atom. The summed E-state index contributed by atoms with van der Waals surface area (Å²) in [6.45, 7) is 8.30. The fourth-order valence-corrected chi connectivity index (χ4v) is 3.44. The molecule has 0 bridgehead atoms. The summed E-state index contributed by atoms with van der Waals surface area (Å²) in [5, 5.41) is 2.90. The minimum Gasteiger partial charge on any atom is -0.324 e. The van der Waals surface area contributed by atoms with E-state index in [0.717, 1.165) is 16.8 Å². The van der Waals surface area contributed by atoms with Crippen LogP contribution in [0.5, 0.6) is 0 Å². The number of aromatic nitrogens is 1. The predicted molar refractivity (Wildman–Crippen MR) is 113 cm³/mol. The van der Waals surface area contributed by atoms with E-state index in [1.54, 1.807) is 0 Å². The Bertz CT molecular complexity index is 891. The molecule has 4 nitrogen and oxygen atoms in total. The van der Waals surface area contributed by atoms with Crippen LogP contribution in [0.15, 0.2) is 42.5 Å². The molecule has 0 fully saturated rings. The maximum atomic E-state index is 14.3. The lowest BCUT2D eigenvalue weighted by atomic mass is 9.98. The molecule has 0 aliphatic carbocycles. The Hall–Kier alpha value is -2.69. The first-order valence-corrected chi connectivity index (χ1v) is 9.78. The quantitative estimate of drug-likeness (QED) is 0.718. The molecule has 1 aliphatic rings. The molecule has 1 aliphatic heterocycles. The molecule has 0 spiro atoms. The molecule has 1 N–H and O–H groups in total. The number of pyridine rings is 1. The Morgan fingerprint density at radius 2 is 2.11 bits per heavy atom. The van der Waals surface area contributed by atoms with E-state index in [1.807, 2.05) is 61.2 Å². The summed E-state index contributed by atoms with van der Waals surface area (Å²) in [7, 11) is 0. The van der Waals surface area contributed by atoms with Crippen molar-refractivity contribution < 1.29 is 9.18 Å². The van der Waals surface area contributed by atoms with Gasteiger partial charge in [-0.1, -0.05) is 43.7 Å². The number of allylic oxidation sites excluding steroid dienone is 1. The SMILES string of the molecule is Cc1ccc2c(c1)CC(F)CN2c1ccc(NC(=O)CC=CC(C)C)c(C)n1. The number of aryl methyl sites for hydroxylation is 2. The third kappa shape index (κ3) is 4.77. The van der Waals surface area contributed by atoms with Crippen LogP contribution in [0.4, 0.5) is 21.6 Å². The fourth-order valence-electron chi connectivity index (χ4n) is 3.44. The van der Waals surface area contributed by atoms with E-state index in [4.69, 9.17) is 0 Å². The number of hydrogen-bond donors (Lipinski definition) is 1. The Balaban J connectivity index is 1.78. The number of rotatable bonds is 5. The first-order valence-electron chi connectivity index (χ1n) is 9.78. The molecule has 0 radical (unpaired) electrons. The Kier molecular flexibility index (Phi) is 6.12. The Morgan fingerprint density at radius 3 is 2.82 bits per heavy atom. The fraction of sp³-hybridized carbons (Fsp3) is 0.391. The van der Waals surface area contributed by atoms with Gasteiger partial charge in [0.1, 0.15) is 12.0 Å². The van der Waals surface area contributed by atoms with Crippen molar-refractivity contribution in [3.8, 4) is 0 Å². The molecule has 1 unspecified atom stereocenters. The van der Waals surface area contributed by atoms with E-state index in [2.05, 4.69) is 24.1 Å². The number of alkyl halides is 1. The van der Waals surface area contributed by atoms with Gasteiger partial charge in [0.2, 0.25) is 5.91 Å². The second-order valence-corrected chi connectivity index (χ2v) is 7.77. The van der Waals surface area contributed by atoms with Gasteiger partial charge >= 0.3 is 0 Å². The second-order valence-electron chi connectivity index (χ2n) is 7.77. The highest BCUT2D eigenvalue weighted by atomic mass is 19.1. The van der Waals surface area contributed by atoms with Crippen molar-refractivity contribution in [2.45, 2.75) is 46.7 Å². The third-order valence-electron chi connectivity index (χ3n) is 4.79. The lowest BCUT2D eigenvalue weighted by Gasteiger charge is -2.33. The Labute approximate surface area is 166 Å². The van der Waals surface area contributed by atoms with Crippen molar-refractivity contribution in [3.63, 3.8) is 0 Å². The minimum absolute atomic E-state index is 0.0721. The number of benzene rings is 1. The number of halogens is 1. The van der Waals surface area contributed by atoms with E-state index in [-0.39, 0.29) is 12.5 Å². The van der Waals surface area contributed by atoms with Crippen molar-refractivity contribution in [1.29, 1.82) is 0 Å². The van der Waals surface area contributed by atoms with E-state index in [0.29, 0.717) is 36.0 Å². The summed E-state index contributed by atoms with van der Waals surface area (Å²) in [5.41, 5.74) is 4.54. The first kappa shape index (κ1) is 20.1. The van der Waals surface area contributed by atoms with Crippen LogP contribution in [0.1, 0.15) is 37.1 Å². The summed E-state index contributed by atoms with van der Waals surface area (Å²) < 4.78 is 14.3. The summed E-state index contributed by atoms with van der Waals surface area (Å²) in [6.07, 6.45) is 3.73. The highest BCUT2D eigenvalue weighted by Gasteiger charge is 2.26. The van der Waals surface area contributed by atoms with Crippen LogP contribution < -0.4 is 10.2 Å². The molecule has 0 saturated carbocycles. The lowest BCUT2D eigenvalue weighted by molar-refractivity contribution is -0.115. The monoisotopic (exact) mass is 381 g/mol. The van der Waals surface area contributed by atoms with Gasteiger partial charge in [0.15, 0.2) is 0 Å². The number of fused-ring (bicyclic) bond motifs is 1. The number of carbonyl (C=O) groups excluding carboxylic acids is 1. The zero-order valence-electron chi connectivity index (χ0n) is 17.0. The molecule has 148 valence electrons. The first-order chi connectivity index (χ1) is 13.3. The molecule has 1 amide bonds. The van der Waals surface area contributed by atoms with Crippen molar-refractivity contribution in [3.05, 3.63) is 59.3 Å². The molecule has 2 aromatic rings. The van der Waals surface area contributed by atoms with Crippen LogP contribution in [0, 0.1) is 19.8 Å². The molecule has 1 aromatic heterocycles. The molecule has 0 saturated heterocycles. The van der Waals surface area contributed by atoms with E-state index in [1.165, 1.54) is 0 Å². The van der Waals surface area contributed by atoms with Crippen LogP contribution in [-0.2, 0) is 11.2 Å². The van der Waals surface area contributed by atoms with E-state index in [9.17, 15) is 9.18 Å². The van der Waals surface area contributed by atoms with Crippen LogP contribution >= 0.6 is 0 Å². The van der Waals surface area contributed by atoms with E-state index >= 15 is 0 Å². The molecule has 2 heterocycles. The molecular formula is C23H28FN3O. The second kappa shape index (κ2) is 8.55. The van der Waals surface area contributed by atoms with Crippen molar-refractivity contribution in [2.24, 2.45) is 5.92 Å². The lowest BCUT2D eigenvalue weighted by Crippen LogP contribution is -2.33. The summed E-state index contributed by atoms with van der Waals surface area (Å²) in [5.74, 6) is 1.05. The van der Waals surface area contributed by atoms with Gasteiger partial charge in [-0.15, -0.1) is 0 Å². The molecule has 3 rings (SSSR count). The predicted octanol–water partition coefficient (Wildman–Crippen LogP) is 5.27. The van der Waals surface area contributed by atoms with Crippen LogP contribution in [0.25, 0.3) is 0 Å². The smallest absolute Gasteiger partial charge is 0.228 e. The van der Waals surface area contributed by atoms with Crippen LogP contribution in [-0.4, -0.2) is 23.6 Å². The van der Waals surface area contributed by atoms with Crippen molar-refractivity contribution in [1.82, 2.24) is 4.98 Å². The van der Waals surface area contributed by atoms with Gasteiger partial charge in [-0.3, -0.25) is 4.79 Å². The number of carbonyl (C=O) groups is 1. The molecule has 28 heavy (non-hydrogen) atoms. The summed E-state index contributed by atoms with van der Waals surface area (Å²) in [6, 6.07) is 9.80. The van der Waals surface area contributed by atoms with Crippen molar-refractivity contribution >= 4 is 23.1 Å². The number of amides is 1. The van der Waals surface area contributed by atoms with Crippen LogP contribution in [0.2, 0.25) is 0 Å². The van der Waals surface area contributed by atoms with Crippen LogP contribution in [0.3, 0.4) is 0 Å². The molecule has 1 atom stereocenters. The zero-order chi connectivity index (χ0) is 20.3. The largest absolute Gasteiger partial charge is 0.324 e. The number of anilines is 3. The highest BCUT2D eigenvalue weighted by molar-refractivity contribution is 5.92. The van der Waals surface area contributed by atoms with Gasteiger partial charge < -0.3 is 10.2 Å². The van der Waals surface area contributed by atoms with Gasteiger partial charge in [-0.05, 0) is 43.5 Å². The van der Waals surface area contributed by atoms with Gasteiger partial charge in [-0.25, -0.2) is 9.37 Å². The topological polar surface area (TPSA) is 45.2 Å². The highest BCUT2D eigenvalue weighted by Crippen LogP contribution is 2.34. The number of hydrogen-bond acceptors (Lipinski definition) is 3. The van der Waals surface area contributed by atoms with Gasteiger partial charge in [0, 0.05) is 18.5 Å². The maximum Gasteiger partial charge on any atom is 0.228 e. The maximum absolute atomic E-state index is 14.3. The molecule has 5 heteroatoms. The normalized spacial score (nSPS) is 16.5. The third-order valence-corrected chi connectivity index (χ3v) is 4.79. The number of nitrogens with zero attached hydrogens (tertiary/aromatic N) is 2. The molecule has 1 aromatic carbocycles. The van der Waals surface area contributed by atoms with Crippen molar-refractivity contribution in [2.75, 3.05) is 16.8 Å². The number of nitrogens with one attached hydrogen (secondary N) is 1. The van der Waals surface area contributed by atoms with Gasteiger partial charge in [-0.2, -0.15) is 0 Å². The minimum atomic E-state index is -0.927. The summed E-state index contributed by atoms with van der Waals surface area (Å²) in [4.78, 5) is 18.7. The summed E-state index contributed by atoms with van der Waals surface area (Å²) >= 11 is 0. The van der Waals surface area contributed by atoms with Gasteiger partial charge in [0.25, 0.3) is 0 Å². The molecular weight excluding hydrogens is 353 g/mol. The average Bonchev–Trinajstić information content (AvgIpc) is 2.62. The van der Waals surface area contributed by atoms with Gasteiger partial charge in [0.05, 0.1) is 17.9 Å². The zero-order valence-corrected chi connectivity index (χ0v) is 17.0. The average molecular weight is 381 g/mol. The van der Waals surface area contributed by atoms with E-state index < -0.39 is 6.17 Å². The standard InChI is InChI=1S/C23H28FN3O/c1-15(2)6-5-7-23(28)26-20-9-11-22(25-17(20)4)27-14-19(24)13-18-12-16(3)8-10-21(18)27/h5-6,8-12,15,19H,7,13-14H2,1-4H3,(H,26,28).